The van der Waals surface area contributed by atoms with E-state index in [2.05, 4.69) is 57.3 Å². The molecule has 0 bridgehead atoms. The van der Waals surface area contributed by atoms with E-state index >= 15 is 0 Å². The molecule has 1 fully saturated rings. The first-order valence-corrected chi connectivity index (χ1v) is 9.73. The molecule has 1 heterocycles. The number of piperidine rings is 1. The third-order valence-corrected chi connectivity index (χ3v) is 5.40. The molecular weight excluding hydrogens is 376 g/mol. The van der Waals surface area contributed by atoms with Crippen molar-refractivity contribution in [2.75, 3.05) is 18.0 Å². The number of nitrogens with zero attached hydrogens (tertiary/aromatic N) is 1. The fraction of sp³-hybridized carbons (Fsp3) is 0.381. The van der Waals surface area contributed by atoms with Gasteiger partial charge in [0.15, 0.2) is 0 Å². The molecule has 0 saturated carbocycles. The van der Waals surface area contributed by atoms with Gasteiger partial charge in [-0.15, -0.1) is 0 Å². The Morgan fingerprint density at radius 2 is 1.84 bits per heavy atom. The summed E-state index contributed by atoms with van der Waals surface area (Å²) < 4.78 is 0.972. The maximum atomic E-state index is 12.4. The average molecular weight is 401 g/mol. The van der Waals surface area contributed by atoms with Gasteiger partial charge in [0.05, 0.1) is 6.04 Å². The normalized spacial score (nSPS) is 18.7. The van der Waals surface area contributed by atoms with Crippen molar-refractivity contribution >= 4 is 27.5 Å². The Kier molecular flexibility index (Phi) is 5.79. The lowest BCUT2D eigenvalue weighted by molar-refractivity contribution is 0.0940. The van der Waals surface area contributed by atoms with Crippen molar-refractivity contribution in [3.05, 3.63) is 64.1 Å². The maximum Gasteiger partial charge on any atom is 0.251 e. The van der Waals surface area contributed by atoms with Gasteiger partial charge in [-0.05, 0) is 67.6 Å². The number of halogens is 1. The number of amides is 1. The van der Waals surface area contributed by atoms with Crippen LogP contribution in [0.25, 0.3) is 0 Å². The third kappa shape index (κ3) is 4.63. The number of rotatable bonds is 4. The number of nitrogens with one attached hydrogen (secondary N) is 1. The third-order valence-electron chi connectivity index (χ3n) is 4.87. The molecule has 0 aliphatic carbocycles. The van der Waals surface area contributed by atoms with Crippen molar-refractivity contribution in [1.82, 2.24) is 5.32 Å². The molecule has 2 atom stereocenters. The summed E-state index contributed by atoms with van der Waals surface area (Å²) in [7, 11) is 0. The van der Waals surface area contributed by atoms with Gasteiger partial charge in [0, 0.05) is 28.8 Å². The first-order valence-electron chi connectivity index (χ1n) is 8.94. The molecule has 1 saturated heterocycles. The van der Waals surface area contributed by atoms with Gasteiger partial charge in [0.2, 0.25) is 0 Å². The zero-order chi connectivity index (χ0) is 17.8. The highest BCUT2D eigenvalue weighted by atomic mass is 79.9. The van der Waals surface area contributed by atoms with E-state index < -0.39 is 0 Å². The van der Waals surface area contributed by atoms with Gasteiger partial charge in [-0.2, -0.15) is 0 Å². The first kappa shape index (κ1) is 18.0. The van der Waals surface area contributed by atoms with E-state index in [1.165, 1.54) is 18.5 Å². The van der Waals surface area contributed by atoms with E-state index in [0.717, 1.165) is 29.0 Å². The summed E-state index contributed by atoms with van der Waals surface area (Å²) >= 11 is 3.39. The number of carbonyl (C=O) groups excluding carboxylic acids is 1. The molecule has 1 amide bonds. The van der Waals surface area contributed by atoms with Gasteiger partial charge >= 0.3 is 0 Å². The summed E-state index contributed by atoms with van der Waals surface area (Å²) in [4.78, 5) is 14.8. The smallest absolute Gasteiger partial charge is 0.251 e. The molecule has 3 nitrogen and oxygen atoms in total. The van der Waals surface area contributed by atoms with E-state index in [4.69, 9.17) is 0 Å². The van der Waals surface area contributed by atoms with E-state index in [-0.39, 0.29) is 11.9 Å². The summed E-state index contributed by atoms with van der Waals surface area (Å²) in [6, 6.07) is 16.0. The highest BCUT2D eigenvalue weighted by molar-refractivity contribution is 9.10. The quantitative estimate of drug-likeness (QED) is 0.766. The van der Waals surface area contributed by atoms with Crippen LogP contribution in [0.2, 0.25) is 0 Å². The van der Waals surface area contributed by atoms with Crippen LogP contribution >= 0.6 is 15.9 Å². The summed E-state index contributed by atoms with van der Waals surface area (Å²) in [5.74, 6) is 0.714. The monoisotopic (exact) mass is 400 g/mol. The lowest BCUT2D eigenvalue weighted by atomic mass is 9.99. The SMILES string of the molecule is C[C@H]1CCCN(c2ccc([C@H](C)NC(=O)c3ccc(Br)cc3)cc2)C1. The van der Waals surface area contributed by atoms with Gasteiger partial charge < -0.3 is 10.2 Å². The molecule has 1 aliphatic rings. The molecule has 25 heavy (non-hydrogen) atoms. The van der Waals surface area contributed by atoms with Crippen LogP contribution in [0, 0.1) is 5.92 Å². The van der Waals surface area contributed by atoms with Crippen molar-refractivity contribution in [1.29, 1.82) is 0 Å². The van der Waals surface area contributed by atoms with Crippen LogP contribution < -0.4 is 10.2 Å². The predicted octanol–water partition coefficient (Wildman–Crippen LogP) is 5.18. The Bertz CT molecular complexity index is 712. The molecule has 2 aromatic carbocycles. The van der Waals surface area contributed by atoms with Gasteiger partial charge in [-0.25, -0.2) is 0 Å². The number of benzene rings is 2. The summed E-state index contributed by atoms with van der Waals surface area (Å²) in [6.07, 6.45) is 2.59. The minimum Gasteiger partial charge on any atom is -0.371 e. The topological polar surface area (TPSA) is 32.3 Å². The zero-order valence-corrected chi connectivity index (χ0v) is 16.4. The Hall–Kier alpha value is -1.81. The van der Waals surface area contributed by atoms with Crippen molar-refractivity contribution < 1.29 is 4.79 Å². The molecule has 132 valence electrons. The minimum atomic E-state index is -0.0473. The highest BCUT2D eigenvalue weighted by Crippen LogP contribution is 2.24. The molecule has 0 unspecified atom stereocenters. The van der Waals surface area contributed by atoms with Crippen LogP contribution in [0.5, 0.6) is 0 Å². The first-order chi connectivity index (χ1) is 12.0. The molecule has 1 aliphatic heterocycles. The lowest BCUT2D eigenvalue weighted by Gasteiger charge is -2.33. The molecule has 4 heteroatoms. The van der Waals surface area contributed by atoms with Crippen LogP contribution in [0.3, 0.4) is 0 Å². The molecule has 3 rings (SSSR count). The molecular formula is C21H25BrN2O. The molecule has 0 spiro atoms. The Labute approximate surface area is 158 Å². The largest absolute Gasteiger partial charge is 0.371 e. The van der Waals surface area contributed by atoms with Gasteiger partial charge in [-0.3, -0.25) is 4.79 Å². The van der Waals surface area contributed by atoms with Crippen LogP contribution in [0.1, 0.15) is 48.7 Å². The second kappa shape index (κ2) is 8.05. The summed E-state index contributed by atoms with van der Waals surface area (Å²) in [5.41, 5.74) is 3.08. The maximum absolute atomic E-state index is 12.4. The fourth-order valence-electron chi connectivity index (χ4n) is 3.36. The van der Waals surface area contributed by atoms with E-state index in [1.807, 2.05) is 31.2 Å². The lowest BCUT2D eigenvalue weighted by Crippen LogP contribution is -2.34. The molecule has 0 radical (unpaired) electrons. The van der Waals surface area contributed by atoms with Gasteiger partial charge in [0.1, 0.15) is 0 Å². The Balaban J connectivity index is 1.63. The van der Waals surface area contributed by atoms with Crippen molar-refractivity contribution in [2.24, 2.45) is 5.92 Å². The average Bonchev–Trinajstić information content (AvgIpc) is 2.62. The van der Waals surface area contributed by atoms with Gasteiger partial charge in [-0.1, -0.05) is 35.0 Å². The number of hydrogen-bond donors (Lipinski definition) is 1. The number of anilines is 1. The second-order valence-corrected chi connectivity index (χ2v) is 7.90. The molecule has 1 N–H and O–H groups in total. The Morgan fingerprint density at radius 1 is 1.16 bits per heavy atom. The van der Waals surface area contributed by atoms with Crippen molar-refractivity contribution in [3.63, 3.8) is 0 Å². The summed E-state index contributed by atoms with van der Waals surface area (Å²) in [6.45, 7) is 6.61. The van der Waals surface area contributed by atoms with Gasteiger partial charge in [0.25, 0.3) is 5.91 Å². The van der Waals surface area contributed by atoms with Crippen molar-refractivity contribution in [2.45, 2.75) is 32.7 Å². The van der Waals surface area contributed by atoms with E-state index in [1.54, 1.807) is 0 Å². The number of hydrogen-bond acceptors (Lipinski definition) is 2. The Morgan fingerprint density at radius 3 is 2.48 bits per heavy atom. The standard InChI is InChI=1S/C21H25BrN2O/c1-15-4-3-13-24(14-15)20-11-7-17(8-12-20)16(2)23-21(25)18-5-9-19(22)10-6-18/h5-12,15-16H,3-4,13-14H2,1-2H3,(H,23,25)/t15-,16-/m0/s1. The molecule has 0 aromatic heterocycles. The number of carbonyl (C=O) groups is 1. The molecule has 2 aromatic rings. The van der Waals surface area contributed by atoms with Crippen LogP contribution in [-0.4, -0.2) is 19.0 Å². The predicted molar refractivity (Wildman–Crippen MR) is 107 cm³/mol. The van der Waals surface area contributed by atoms with E-state index in [9.17, 15) is 4.79 Å². The summed E-state index contributed by atoms with van der Waals surface area (Å²) in [5, 5.41) is 3.07. The van der Waals surface area contributed by atoms with Crippen LogP contribution in [-0.2, 0) is 0 Å². The van der Waals surface area contributed by atoms with Crippen LogP contribution in [0.4, 0.5) is 5.69 Å². The van der Waals surface area contributed by atoms with E-state index in [0.29, 0.717) is 5.56 Å². The van der Waals surface area contributed by atoms with Crippen LogP contribution in [0.15, 0.2) is 53.0 Å². The highest BCUT2D eigenvalue weighted by Gasteiger charge is 2.17. The fourth-order valence-corrected chi connectivity index (χ4v) is 3.63. The second-order valence-electron chi connectivity index (χ2n) is 6.99. The zero-order valence-electron chi connectivity index (χ0n) is 14.8. The van der Waals surface area contributed by atoms with Crippen molar-refractivity contribution in [3.8, 4) is 0 Å². The minimum absolute atomic E-state index is 0.0227.